The van der Waals surface area contributed by atoms with Crippen LogP contribution in [0.3, 0.4) is 0 Å². The fourth-order valence-corrected chi connectivity index (χ4v) is 2.06. The van der Waals surface area contributed by atoms with Crippen LogP contribution in [0.15, 0.2) is 46.9 Å². The van der Waals surface area contributed by atoms with Gasteiger partial charge in [-0.2, -0.15) is 5.26 Å². The van der Waals surface area contributed by atoms with Crippen molar-refractivity contribution in [1.29, 1.82) is 5.26 Å². The Kier molecular flexibility index (Phi) is 4.38. The minimum absolute atomic E-state index is 0.346. The Balaban J connectivity index is 2.09. The number of carbonyl (C=O) groups is 1. The Hall–Kier alpha value is -2.32. The van der Waals surface area contributed by atoms with E-state index in [2.05, 4.69) is 26.6 Å². The summed E-state index contributed by atoms with van der Waals surface area (Å²) in [7, 11) is 0. The van der Waals surface area contributed by atoms with Crippen molar-refractivity contribution in [2.45, 2.75) is 6.92 Å². The average Bonchev–Trinajstić information content (AvgIpc) is 2.44. The summed E-state index contributed by atoms with van der Waals surface area (Å²) < 4.78 is 0.932. The Morgan fingerprint density at radius 3 is 2.70 bits per heavy atom. The molecule has 0 saturated heterocycles. The van der Waals surface area contributed by atoms with Crippen LogP contribution in [-0.4, -0.2) is 6.03 Å². The van der Waals surface area contributed by atoms with Crippen molar-refractivity contribution in [3.05, 3.63) is 58.1 Å². The lowest BCUT2D eigenvalue weighted by molar-refractivity contribution is 0.262. The summed E-state index contributed by atoms with van der Waals surface area (Å²) in [6.45, 7) is 1.91. The number of hydrogen-bond acceptors (Lipinski definition) is 2. The highest BCUT2D eigenvalue weighted by Crippen LogP contribution is 2.23. The maximum Gasteiger partial charge on any atom is 0.323 e. The second kappa shape index (κ2) is 6.22. The number of rotatable bonds is 2. The molecular weight excluding hydrogens is 318 g/mol. The van der Waals surface area contributed by atoms with E-state index in [9.17, 15) is 4.79 Å². The SMILES string of the molecule is Cc1c(Br)cccc1NC(=O)Nc1cccc(C#N)c1. The van der Waals surface area contributed by atoms with Crippen molar-refractivity contribution in [1.82, 2.24) is 0 Å². The van der Waals surface area contributed by atoms with Crippen LogP contribution in [0.4, 0.5) is 16.2 Å². The van der Waals surface area contributed by atoms with Crippen LogP contribution in [-0.2, 0) is 0 Å². The largest absolute Gasteiger partial charge is 0.323 e. The van der Waals surface area contributed by atoms with Crippen molar-refractivity contribution in [2.75, 3.05) is 10.6 Å². The summed E-state index contributed by atoms with van der Waals surface area (Å²) in [5.41, 5.74) is 2.76. The van der Waals surface area contributed by atoms with Crippen molar-refractivity contribution < 1.29 is 4.79 Å². The number of nitrogens with one attached hydrogen (secondary N) is 2. The molecule has 5 heteroatoms. The van der Waals surface area contributed by atoms with E-state index in [1.807, 2.05) is 31.2 Å². The predicted molar refractivity (Wildman–Crippen MR) is 82.7 cm³/mol. The number of carbonyl (C=O) groups excluding carboxylic acids is 1. The van der Waals surface area contributed by atoms with Crippen LogP contribution in [0.25, 0.3) is 0 Å². The van der Waals surface area contributed by atoms with E-state index in [0.717, 1.165) is 15.7 Å². The number of nitrogens with zero attached hydrogens (tertiary/aromatic N) is 1. The van der Waals surface area contributed by atoms with Gasteiger partial charge in [-0.15, -0.1) is 0 Å². The van der Waals surface area contributed by atoms with Gasteiger partial charge in [-0.05, 0) is 42.8 Å². The highest BCUT2D eigenvalue weighted by molar-refractivity contribution is 9.10. The van der Waals surface area contributed by atoms with Crippen LogP contribution in [0.1, 0.15) is 11.1 Å². The Morgan fingerprint density at radius 2 is 1.95 bits per heavy atom. The van der Waals surface area contributed by atoms with Crippen molar-refractivity contribution in [2.24, 2.45) is 0 Å². The molecule has 0 spiro atoms. The molecule has 0 aliphatic heterocycles. The zero-order valence-electron chi connectivity index (χ0n) is 10.8. The molecule has 0 saturated carbocycles. The smallest absolute Gasteiger partial charge is 0.308 e. The van der Waals surface area contributed by atoms with E-state index in [1.54, 1.807) is 24.3 Å². The minimum Gasteiger partial charge on any atom is -0.308 e. The number of urea groups is 1. The predicted octanol–water partition coefficient (Wildman–Crippen LogP) is 4.27. The first-order valence-electron chi connectivity index (χ1n) is 5.93. The molecule has 2 amide bonds. The van der Waals surface area contributed by atoms with Crippen LogP contribution in [0.5, 0.6) is 0 Å². The van der Waals surface area contributed by atoms with Crippen molar-refractivity contribution in [3.8, 4) is 6.07 Å². The first-order valence-corrected chi connectivity index (χ1v) is 6.73. The van der Waals surface area contributed by atoms with E-state index in [1.165, 1.54) is 0 Å². The topological polar surface area (TPSA) is 64.9 Å². The van der Waals surface area contributed by atoms with Gasteiger partial charge >= 0.3 is 6.03 Å². The molecule has 2 rings (SSSR count). The number of hydrogen-bond donors (Lipinski definition) is 2. The molecule has 0 aliphatic carbocycles. The highest BCUT2D eigenvalue weighted by Gasteiger charge is 2.06. The summed E-state index contributed by atoms with van der Waals surface area (Å²) in [5, 5.41) is 14.3. The van der Waals surface area contributed by atoms with Gasteiger partial charge in [0.05, 0.1) is 11.6 Å². The van der Waals surface area contributed by atoms with E-state index in [4.69, 9.17) is 5.26 Å². The molecule has 0 aliphatic rings. The first kappa shape index (κ1) is 14.1. The number of halogens is 1. The molecule has 0 heterocycles. The van der Waals surface area contributed by atoms with Gasteiger partial charge in [0.25, 0.3) is 0 Å². The van der Waals surface area contributed by atoms with Gasteiger partial charge in [0.1, 0.15) is 0 Å². The maximum absolute atomic E-state index is 11.9. The molecule has 0 aromatic heterocycles. The van der Waals surface area contributed by atoms with Crippen LogP contribution < -0.4 is 10.6 Å². The minimum atomic E-state index is -0.346. The van der Waals surface area contributed by atoms with Crippen molar-refractivity contribution >= 4 is 33.3 Å². The molecule has 0 unspecified atom stereocenters. The molecule has 2 aromatic carbocycles. The van der Waals surface area contributed by atoms with Gasteiger partial charge < -0.3 is 10.6 Å². The van der Waals surface area contributed by atoms with Crippen LogP contribution >= 0.6 is 15.9 Å². The third-order valence-corrected chi connectivity index (χ3v) is 3.62. The summed E-state index contributed by atoms with van der Waals surface area (Å²) in [4.78, 5) is 11.9. The lowest BCUT2D eigenvalue weighted by Gasteiger charge is -2.11. The molecule has 20 heavy (non-hydrogen) atoms. The zero-order valence-corrected chi connectivity index (χ0v) is 12.4. The van der Waals surface area contributed by atoms with Gasteiger partial charge in [0.2, 0.25) is 0 Å². The summed E-state index contributed by atoms with van der Waals surface area (Å²) >= 11 is 3.41. The molecule has 0 radical (unpaired) electrons. The highest BCUT2D eigenvalue weighted by atomic mass is 79.9. The van der Waals surface area contributed by atoms with E-state index < -0.39 is 0 Å². The zero-order chi connectivity index (χ0) is 14.5. The van der Waals surface area contributed by atoms with Gasteiger partial charge in [0.15, 0.2) is 0 Å². The van der Waals surface area contributed by atoms with Crippen LogP contribution in [0.2, 0.25) is 0 Å². The van der Waals surface area contributed by atoms with Gasteiger partial charge in [-0.25, -0.2) is 4.79 Å². The number of amides is 2. The second-order valence-electron chi connectivity index (χ2n) is 4.18. The number of benzene rings is 2. The summed E-state index contributed by atoms with van der Waals surface area (Å²) in [6.07, 6.45) is 0. The standard InChI is InChI=1S/C15H12BrN3O/c1-10-13(16)6-3-7-14(10)19-15(20)18-12-5-2-4-11(8-12)9-17/h2-8H,1H3,(H2,18,19,20). The van der Waals surface area contributed by atoms with E-state index in [0.29, 0.717) is 11.3 Å². The Labute approximate surface area is 125 Å². The third kappa shape index (κ3) is 3.37. The molecule has 4 nitrogen and oxygen atoms in total. The summed E-state index contributed by atoms with van der Waals surface area (Å²) in [6, 6.07) is 14.0. The molecule has 2 aromatic rings. The molecule has 0 atom stereocenters. The van der Waals surface area contributed by atoms with E-state index in [-0.39, 0.29) is 6.03 Å². The molecule has 100 valence electrons. The quantitative estimate of drug-likeness (QED) is 0.863. The molecule has 0 fully saturated rings. The van der Waals surface area contributed by atoms with Crippen LogP contribution in [0, 0.1) is 18.3 Å². The Morgan fingerprint density at radius 1 is 1.20 bits per heavy atom. The average molecular weight is 330 g/mol. The molecule has 0 bridgehead atoms. The van der Waals surface area contributed by atoms with Gasteiger partial charge in [-0.3, -0.25) is 0 Å². The first-order chi connectivity index (χ1) is 9.60. The Bertz CT molecular complexity index is 692. The normalized spacial score (nSPS) is 9.65. The third-order valence-electron chi connectivity index (χ3n) is 2.77. The number of nitriles is 1. The summed E-state index contributed by atoms with van der Waals surface area (Å²) in [5.74, 6) is 0. The van der Waals surface area contributed by atoms with Gasteiger partial charge in [-0.1, -0.05) is 28.1 Å². The van der Waals surface area contributed by atoms with Crippen molar-refractivity contribution in [3.63, 3.8) is 0 Å². The maximum atomic E-state index is 11.9. The fourth-order valence-electron chi connectivity index (χ4n) is 1.69. The molecule has 2 N–H and O–H groups in total. The van der Waals surface area contributed by atoms with E-state index >= 15 is 0 Å². The van der Waals surface area contributed by atoms with Gasteiger partial charge in [0, 0.05) is 15.8 Å². The fraction of sp³-hybridized carbons (Fsp3) is 0.0667. The molecular formula is C15H12BrN3O. The second-order valence-corrected chi connectivity index (χ2v) is 5.04. The number of anilines is 2. The lowest BCUT2D eigenvalue weighted by Crippen LogP contribution is -2.20. The monoisotopic (exact) mass is 329 g/mol. The lowest BCUT2D eigenvalue weighted by atomic mass is 10.2.